The molecule has 0 saturated carbocycles. The first-order chi connectivity index (χ1) is 6.23. The molecule has 0 heterocycles. The Labute approximate surface area is 81.1 Å². The Hall–Kier alpha value is -0.330. The van der Waals surface area contributed by atoms with Gasteiger partial charge in [-0.1, -0.05) is 0 Å². The summed E-state index contributed by atoms with van der Waals surface area (Å²) in [4.78, 5) is 1.34. The molecule has 2 N–H and O–H groups in total. The van der Waals surface area contributed by atoms with E-state index in [1.807, 2.05) is 0 Å². The Morgan fingerprint density at radius 2 is 1.79 bits per heavy atom. The van der Waals surface area contributed by atoms with Gasteiger partial charge in [-0.2, -0.15) is 13.2 Å². The van der Waals surface area contributed by atoms with Crippen LogP contribution in [0.25, 0.3) is 0 Å². The number of aliphatic hydroxyl groups excluding tert-OH is 2. The van der Waals surface area contributed by atoms with Crippen molar-refractivity contribution in [3.8, 4) is 0 Å². The molecule has 2 atom stereocenters. The number of hydrogen-bond donors (Lipinski definition) is 2. The molecule has 0 radical (unpaired) electrons. The van der Waals surface area contributed by atoms with Crippen molar-refractivity contribution < 1.29 is 23.4 Å². The lowest BCUT2D eigenvalue weighted by Gasteiger charge is -2.22. The van der Waals surface area contributed by atoms with Crippen LogP contribution in [-0.4, -0.2) is 53.6 Å². The molecule has 0 aliphatic carbocycles. The lowest BCUT2D eigenvalue weighted by atomic mass is 10.2. The molecule has 0 spiro atoms. The summed E-state index contributed by atoms with van der Waals surface area (Å²) in [6.45, 7) is 1.43. The number of likely N-dealkylation sites (N-methyl/N-ethyl adjacent to an activating group) is 1. The predicted molar refractivity (Wildman–Crippen MR) is 45.9 cm³/mol. The molecule has 0 bridgehead atoms. The van der Waals surface area contributed by atoms with E-state index in [0.717, 1.165) is 0 Å². The quantitative estimate of drug-likeness (QED) is 0.706. The molecule has 0 aliphatic rings. The largest absolute Gasteiger partial charge is 0.415 e. The minimum absolute atomic E-state index is 0.324. The Kier molecular flexibility index (Phi) is 5.40. The van der Waals surface area contributed by atoms with Crippen molar-refractivity contribution in [1.29, 1.82) is 0 Å². The Morgan fingerprint density at radius 1 is 1.29 bits per heavy atom. The fourth-order valence-corrected chi connectivity index (χ4v) is 0.897. The monoisotopic (exact) mass is 215 g/mol. The van der Waals surface area contributed by atoms with Crippen molar-refractivity contribution in [2.75, 3.05) is 20.1 Å². The number of aliphatic hydroxyl groups is 2. The normalized spacial score (nSPS) is 17.1. The molecular weight excluding hydrogens is 199 g/mol. The van der Waals surface area contributed by atoms with E-state index >= 15 is 0 Å². The first kappa shape index (κ1) is 13.7. The molecule has 2 unspecified atom stereocenters. The van der Waals surface area contributed by atoms with Gasteiger partial charge in [0.1, 0.15) is 0 Å². The number of nitrogens with zero attached hydrogens (tertiary/aromatic N) is 1. The van der Waals surface area contributed by atoms with Gasteiger partial charge in [-0.25, -0.2) is 0 Å². The molecule has 6 heteroatoms. The highest BCUT2D eigenvalue weighted by Gasteiger charge is 2.38. The smallest absolute Gasteiger partial charge is 0.393 e. The highest BCUT2D eigenvalue weighted by Crippen LogP contribution is 2.20. The van der Waals surface area contributed by atoms with Crippen LogP contribution in [0.1, 0.15) is 13.3 Å². The van der Waals surface area contributed by atoms with Crippen molar-refractivity contribution in [2.24, 2.45) is 0 Å². The third-order valence-electron chi connectivity index (χ3n) is 1.79. The Bertz CT molecular complexity index is 161. The van der Waals surface area contributed by atoms with Gasteiger partial charge in [0, 0.05) is 13.1 Å². The molecule has 0 amide bonds. The summed E-state index contributed by atoms with van der Waals surface area (Å²) in [6, 6.07) is 0. The molecule has 0 aromatic heterocycles. The van der Waals surface area contributed by atoms with Gasteiger partial charge in [0.25, 0.3) is 0 Å². The van der Waals surface area contributed by atoms with Crippen molar-refractivity contribution >= 4 is 0 Å². The first-order valence-corrected chi connectivity index (χ1v) is 4.35. The van der Waals surface area contributed by atoms with Gasteiger partial charge in [-0.05, 0) is 20.4 Å². The van der Waals surface area contributed by atoms with Crippen LogP contribution in [0, 0.1) is 0 Å². The number of halogens is 3. The highest BCUT2D eigenvalue weighted by molar-refractivity contribution is 4.69. The highest BCUT2D eigenvalue weighted by atomic mass is 19.4. The van der Waals surface area contributed by atoms with E-state index in [-0.39, 0.29) is 0 Å². The molecule has 0 aromatic rings. The van der Waals surface area contributed by atoms with Gasteiger partial charge in [0.05, 0.1) is 6.10 Å². The molecule has 0 aromatic carbocycles. The van der Waals surface area contributed by atoms with Crippen molar-refractivity contribution in [1.82, 2.24) is 4.90 Å². The summed E-state index contributed by atoms with van der Waals surface area (Å²) in [5, 5.41) is 17.6. The molecule has 0 aliphatic heterocycles. The Balaban J connectivity index is 3.77. The summed E-state index contributed by atoms with van der Waals surface area (Å²) in [7, 11) is 1.47. The lowest BCUT2D eigenvalue weighted by Crippen LogP contribution is -2.40. The molecular formula is C8H16F3NO2. The van der Waals surface area contributed by atoms with Gasteiger partial charge in [-0.15, -0.1) is 0 Å². The van der Waals surface area contributed by atoms with Gasteiger partial charge in [-0.3, -0.25) is 0 Å². The fraction of sp³-hybridized carbons (Fsp3) is 1.00. The van der Waals surface area contributed by atoms with Gasteiger partial charge in [0.15, 0.2) is 6.10 Å². The van der Waals surface area contributed by atoms with Crippen LogP contribution >= 0.6 is 0 Å². The molecule has 86 valence electrons. The van der Waals surface area contributed by atoms with Gasteiger partial charge in [0.2, 0.25) is 0 Å². The molecule has 0 fully saturated rings. The summed E-state index contributed by atoms with van der Waals surface area (Å²) >= 11 is 0. The zero-order valence-corrected chi connectivity index (χ0v) is 8.25. The molecule has 0 rings (SSSR count). The lowest BCUT2D eigenvalue weighted by molar-refractivity contribution is -0.207. The van der Waals surface area contributed by atoms with Crippen molar-refractivity contribution in [3.63, 3.8) is 0 Å². The van der Waals surface area contributed by atoms with E-state index in [0.29, 0.717) is 13.0 Å². The molecule has 0 saturated heterocycles. The SMILES string of the molecule is CC(O)CCN(C)CC(O)C(F)(F)F. The Morgan fingerprint density at radius 3 is 2.14 bits per heavy atom. The summed E-state index contributed by atoms with van der Waals surface area (Å²) in [6.07, 6.45) is -7.04. The number of alkyl halides is 3. The average Bonchev–Trinajstić information content (AvgIpc) is 1.99. The van der Waals surface area contributed by atoms with Gasteiger partial charge < -0.3 is 15.1 Å². The second-order valence-corrected chi connectivity index (χ2v) is 3.46. The zero-order valence-electron chi connectivity index (χ0n) is 8.25. The third kappa shape index (κ3) is 6.17. The summed E-state index contributed by atoms with van der Waals surface area (Å²) in [5.74, 6) is 0. The fourth-order valence-electron chi connectivity index (χ4n) is 0.897. The van der Waals surface area contributed by atoms with Gasteiger partial charge >= 0.3 is 6.18 Å². The maximum atomic E-state index is 11.9. The standard InChI is InChI=1S/C8H16F3NO2/c1-6(13)3-4-12(2)5-7(14)8(9,10)11/h6-7,13-14H,3-5H2,1-2H3. The van der Waals surface area contributed by atoms with Crippen LogP contribution in [-0.2, 0) is 0 Å². The minimum atomic E-state index is -4.57. The predicted octanol–water partition coefficient (Wildman–Crippen LogP) is 0.612. The van der Waals surface area contributed by atoms with Crippen LogP contribution in [0.15, 0.2) is 0 Å². The van der Waals surface area contributed by atoms with E-state index in [1.54, 1.807) is 6.92 Å². The molecule has 14 heavy (non-hydrogen) atoms. The van der Waals surface area contributed by atoms with Crippen LogP contribution in [0.5, 0.6) is 0 Å². The first-order valence-electron chi connectivity index (χ1n) is 4.35. The van der Waals surface area contributed by atoms with Crippen molar-refractivity contribution in [3.05, 3.63) is 0 Å². The van der Waals surface area contributed by atoms with Crippen LogP contribution in [0.2, 0.25) is 0 Å². The third-order valence-corrected chi connectivity index (χ3v) is 1.79. The number of rotatable bonds is 5. The summed E-state index contributed by atoms with van der Waals surface area (Å²) < 4.78 is 35.6. The average molecular weight is 215 g/mol. The van der Waals surface area contributed by atoms with E-state index in [2.05, 4.69) is 0 Å². The maximum Gasteiger partial charge on any atom is 0.415 e. The second-order valence-electron chi connectivity index (χ2n) is 3.46. The van der Waals surface area contributed by atoms with E-state index in [9.17, 15) is 13.2 Å². The zero-order chi connectivity index (χ0) is 11.4. The summed E-state index contributed by atoms with van der Waals surface area (Å²) in [5.41, 5.74) is 0. The van der Waals surface area contributed by atoms with E-state index < -0.39 is 24.9 Å². The van der Waals surface area contributed by atoms with Crippen LogP contribution in [0.4, 0.5) is 13.2 Å². The van der Waals surface area contributed by atoms with E-state index in [1.165, 1.54) is 11.9 Å². The maximum absolute atomic E-state index is 11.9. The van der Waals surface area contributed by atoms with Crippen LogP contribution < -0.4 is 0 Å². The van der Waals surface area contributed by atoms with Crippen molar-refractivity contribution in [2.45, 2.75) is 31.7 Å². The van der Waals surface area contributed by atoms with Crippen LogP contribution in [0.3, 0.4) is 0 Å². The second kappa shape index (κ2) is 5.53. The number of hydrogen-bond acceptors (Lipinski definition) is 3. The minimum Gasteiger partial charge on any atom is -0.393 e. The molecule has 3 nitrogen and oxygen atoms in total. The topological polar surface area (TPSA) is 43.7 Å². The van der Waals surface area contributed by atoms with E-state index in [4.69, 9.17) is 10.2 Å².